The SMILES string of the molecule is O=C(NCCCn1ccnc1)C1(CCN2CCN(C3CSc4cc(C(F)(F)F)ccc43)CC2)CC1. The summed E-state index contributed by atoms with van der Waals surface area (Å²) >= 11 is 1.53. The number of imidazole rings is 1. The van der Waals surface area contributed by atoms with E-state index in [1.54, 1.807) is 18.6 Å². The number of thioether (sulfide) groups is 1. The number of hydrogen-bond donors (Lipinski definition) is 1. The number of rotatable bonds is 9. The second-order valence-electron chi connectivity index (χ2n) is 9.90. The van der Waals surface area contributed by atoms with Gasteiger partial charge in [-0.15, -0.1) is 11.8 Å². The van der Waals surface area contributed by atoms with Gasteiger partial charge in [0, 0.05) is 68.4 Å². The lowest BCUT2D eigenvalue weighted by atomic mass is 10.0. The maximum atomic E-state index is 13.0. The summed E-state index contributed by atoms with van der Waals surface area (Å²) in [5.41, 5.74) is 0.271. The van der Waals surface area contributed by atoms with E-state index < -0.39 is 11.7 Å². The molecule has 0 radical (unpaired) electrons. The van der Waals surface area contributed by atoms with E-state index in [9.17, 15) is 18.0 Å². The third kappa shape index (κ3) is 5.70. The lowest BCUT2D eigenvalue weighted by molar-refractivity contribution is -0.137. The number of nitrogens with zero attached hydrogens (tertiary/aromatic N) is 4. The molecule has 1 aromatic heterocycles. The number of carbonyl (C=O) groups excluding carboxylic acids is 1. The van der Waals surface area contributed by atoms with Crippen molar-refractivity contribution in [3.05, 3.63) is 48.0 Å². The number of aryl methyl sites for hydroxylation is 1. The van der Waals surface area contributed by atoms with E-state index >= 15 is 0 Å². The van der Waals surface area contributed by atoms with Crippen LogP contribution in [0.3, 0.4) is 0 Å². The maximum absolute atomic E-state index is 13.0. The van der Waals surface area contributed by atoms with Gasteiger partial charge in [0.05, 0.1) is 17.3 Å². The number of nitrogens with one attached hydrogen (secondary N) is 1. The molecule has 1 aliphatic carbocycles. The van der Waals surface area contributed by atoms with Crippen LogP contribution in [-0.2, 0) is 17.5 Å². The van der Waals surface area contributed by atoms with Crippen LogP contribution in [0.4, 0.5) is 13.2 Å². The highest BCUT2D eigenvalue weighted by atomic mass is 32.2. The number of carbonyl (C=O) groups is 1. The lowest BCUT2D eigenvalue weighted by Crippen LogP contribution is -2.48. The first-order valence-electron chi connectivity index (χ1n) is 12.4. The molecule has 2 fully saturated rings. The fraction of sp³-hybridized carbons (Fsp3) is 0.600. The first-order valence-corrected chi connectivity index (χ1v) is 13.4. The van der Waals surface area contributed by atoms with Crippen LogP contribution in [0.25, 0.3) is 0 Å². The summed E-state index contributed by atoms with van der Waals surface area (Å²) < 4.78 is 41.1. The minimum atomic E-state index is -4.30. The average molecular weight is 508 g/mol. The van der Waals surface area contributed by atoms with Crippen molar-refractivity contribution in [3.8, 4) is 0 Å². The number of hydrogen-bond acceptors (Lipinski definition) is 5. The maximum Gasteiger partial charge on any atom is 0.416 e. The van der Waals surface area contributed by atoms with E-state index in [4.69, 9.17) is 0 Å². The predicted octanol–water partition coefficient (Wildman–Crippen LogP) is 4.04. The van der Waals surface area contributed by atoms with Crippen molar-refractivity contribution in [1.82, 2.24) is 24.7 Å². The van der Waals surface area contributed by atoms with E-state index in [0.717, 1.165) is 81.2 Å². The molecule has 1 N–H and O–H groups in total. The van der Waals surface area contributed by atoms with Crippen molar-refractivity contribution in [2.24, 2.45) is 5.41 Å². The number of amides is 1. The Kier molecular flexibility index (Phi) is 7.14. The first-order chi connectivity index (χ1) is 16.8. The predicted molar refractivity (Wildman–Crippen MR) is 129 cm³/mol. The highest BCUT2D eigenvalue weighted by Crippen LogP contribution is 2.49. The van der Waals surface area contributed by atoms with E-state index in [1.165, 1.54) is 23.9 Å². The van der Waals surface area contributed by atoms with Crippen LogP contribution >= 0.6 is 11.8 Å². The molecular weight excluding hydrogens is 475 g/mol. The Bertz CT molecular complexity index is 1020. The molecule has 0 bridgehead atoms. The molecule has 3 heterocycles. The molecule has 3 aliphatic rings. The summed E-state index contributed by atoms with van der Waals surface area (Å²) in [5, 5.41) is 3.13. The number of halogens is 3. The van der Waals surface area contributed by atoms with E-state index in [1.807, 2.05) is 10.8 Å². The van der Waals surface area contributed by atoms with Crippen molar-refractivity contribution in [3.63, 3.8) is 0 Å². The van der Waals surface area contributed by atoms with Gasteiger partial charge in [0.25, 0.3) is 0 Å². The summed E-state index contributed by atoms with van der Waals surface area (Å²) in [7, 11) is 0. The molecule has 1 atom stereocenters. The number of benzene rings is 1. The second kappa shape index (κ2) is 10.1. The van der Waals surface area contributed by atoms with Crippen LogP contribution in [0.5, 0.6) is 0 Å². The Balaban J connectivity index is 1.05. The highest BCUT2D eigenvalue weighted by Gasteiger charge is 2.49. The number of fused-ring (bicyclic) bond motifs is 1. The quantitative estimate of drug-likeness (QED) is 0.520. The van der Waals surface area contributed by atoms with Gasteiger partial charge in [0.1, 0.15) is 0 Å². The van der Waals surface area contributed by atoms with Crippen LogP contribution < -0.4 is 5.32 Å². The zero-order chi connectivity index (χ0) is 24.5. The average Bonchev–Trinajstić information content (AvgIpc) is 3.25. The number of alkyl halides is 3. The van der Waals surface area contributed by atoms with E-state index in [0.29, 0.717) is 6.54 Å². The van der Waals surface area contributed by atoms with Crippen molar-refractivity contribution in [2.45, 2.75) is 49.3 Å². The molecule has 2 aliphatic heterocycles. The fourth-order valence-corrected chi connectivity index (χ4v) is 6.46. The van der Waals surface area contributed by atoms with Crippen LogP contribution in [0.1, 0.15) is 42.9 Å². The van der Waals surface area contributed by atoms with Gasteiger partial charge in [-0.25, -0.2) is 4.98 Å². The monoisotopic (exact) mass is 507 g/mol. The van der Waals surface area contributed by atoms with Crippen LogP contribution in [0, 0.1) is 5.41 Å². The standard InChI is InChI=1S/C25H32F3N5OS/c26-25(27,28)19-2-3-20-21(17-35-22(20)16-19)33-14-12-31(13-15-33)10-6-24(4-5-24)23(34)30-7-1-9-32-11-8-29-18-32/h2-3,8,11,16,18,21H,1,4-7,9-10,12-15,17H2,(H,30,34). The molecule has 1 saturated carbocycles. The minimum Gasteiger partial charge on any atom is -0.356 e. The van der Waals surface area contributed by atoms with Gasteiger partial charge < -0.3 is 14.8 Å². The zero-order valence-electron chi connectivity index (χ0n) is 19.8. The van der Waals surface area contributed by atoms with Gasteiger partial charge in [-0.05, 0) is 49.9 Å². The third-order valence-corrected chi connectivity index (χ3v) is 8.77. The van der Waals surface area contributed by atoms with Gasteiger partial charge in [0.15, 0.2) is 0 Å². The van der Waals surface area contributed by atoms with E-state index in [-0.39, 0.29) is 17.4 Å². The molecule has 2 aromatic rings. The van der Waals surface area contributed by atoms with Gasteiger partial charge in [0.2, 0.25) is 5.91 Å². The zero-order valence-corrected chi connectivity index (χ0v) is 20.6. The Morgan fingerprint density at radius 3 is 2.66 bits per heavy atom. The first kappa shape index (κ1) is 24.6. The van der Waals surface area contributed by atoms with Gasteiger partial charge in [-0.1, -0.05) is 6.07 Å². The number of aromatic nitrogens is 2. The minimum absolute atomic E-state index is 0.183. The van der Waals surface area contributed by atoms with Crippen molar-refractivity contribution >= 4 is 17.7 Å². The van der Waals surface area contributed by atoms with Crippen molar-refractivity contribution in [2.75, 3.05) is 45.0 Å². The molecule has 190 valence electrons. The van der Waals surface area contributed by atoms with Crippen LogP contribution in [0.2, 0.25) is 0 Å². The van der Waals surface area contributed by atoms with Crippen LogP contribution in [-0.4, -0.2) is 70.3 Å². The normalized spacial score (nSPS) is 22.2. The molecule has 1 aromatic carbocycles. The smallest absolute Gasteiger partial charge is 0.356 e. The molecule has 0 spiro atoms. The molecule has 1 amide bonds. The summed E-state index contributed by atoms with van der Waals surface area (Å²) in [6, 6.07) is 4.36. The van der Waals surface area contributed by atoms with Gasteiger partial charge in [-0.2, -0.15) is 13.2 Å². The topological polar surface area (TPSA) is 53.4 Å². The van der Waals surface area contributed by atoms with E-state index in [2.05, 4.69) is 20.1 Å². The molecule has 1 saturated heterocycles. The Hall–Kier alpha value is -2.04. The molecule has 6 nitrogen and oxygen atoms in total. The molecular formula is C25H32F3N5OS. The Labute approximate surface area is 208 Å². The second-order valence-corrected chi connectivity index (χ2v) is 11.0. The van der Waals surface area contributed by atoms with Crippen LogP contribution in [0.15, 0.2) is 41.8 Å². The van der Waals surface area contributed by atoms with Crippen molar-refractivity contribution < 1.29 is 18.0 Å². The highest BCUT2D eigenvalue weighted by molar-refractivity contribution is 7.99. The molecule has 35 heavy (non-hydrogen) atoms. The largest absolute Gasteiger partial charge is 0.416 e. The van der Waals surface area contributed by atoms with Gasteiger partial charge >= 0.3 is 6.18 Å². The summed E-state index contributed by atoms with van der Waals surface area (Å²) in [5.74, 6) is 1.00. The fourth-order valence-electron chi connectivity index (χ4n) is 5.15. The third-order valence-electron chi connectivity index (χ3n) is 7.62. The Morgan fingerprint density at radius 2 is 1.97 bits per heavy atom. The number of piperazine rings is 1. The molecule has 5 rings (SSSR count). The summed E-state index contributed by atoms with van der Waals surface area (Å²) in [6.07, 6.45) is 4.90. The lowest BCUT2D eigenvalue weighted by Gasteiger charge is -2.38. The Morgan fingerprint density at radius 1 is 1.17 bits per heavy atom. The van der Waals surface area contributed by atoms with Gasteiger partial charge in [-0.3, -0.25) is 9.69 Å². The summed E-state index contributed by atoms with van der Waals surface area (Å²) in [4.78, 5) is 22.4. The molecule has 1 unspecified atom stereocenters. The van der Waals surface area contributed by atoms with Crippen molar-refractivity contribution in [1.29, 1.82) is 0 Å². The summed E-state index contributed by atoms with van der Waals surface area (Å²) in [6.45, 7) is 6.12. The molecule has 10 heteroatoms.